The number of carbonyl (C=O) groups excluding carboxylic acids is 3. The predicted octanol–water partition coefficient (Wildman–Crippen LogP) is 8.19. The maximum absolute atomic E-state index is 14.7. The van der Waals surface area contributed by atoms with Gasteiger partial charge in [-0.1, -0.05) is 57.0 Å². The summed E-state index contributed by atoms with van der Waals surface area (Å²) in [6, 6.07) is 21.2. The number of benzene rings is 3. The molecular weight excluding hydrogens is 736 g/mol. The molecule has 57 heavy (non-hydrogen) atoms. The molecule has 1 unspecified atom stereocenters. The van der Waals surface area contributed by atoms with Gasteiger partial charge in [0.2, 0.25) is 0 Å². The van der Waals surface area contributed by atoms with Crippen molar-refractivity contribution in [1.29, 1.82) is 0 Å². The number of alkyl halides is 3. The van der Waals surface area contributed by atoms with Gasteiger partial charge in [-0.25, -0.2) is 9.67 Å². The van der Waals surface area contributed by atoms with E-state index in [1.807, 2.05) is 29.2 Å². The first kappa shape index (κ1) is 40.6. The van der Waals surface area contributed by atoms with Gasteiger partial charge in [0.25, 0.3) is 17.7 Å². The molecule has 0 aliphatic carbocycles. The van der Waals surface area contributed by atoms with E-state index in [1.165, 1.54) is 36.5 Å². The Morgan fingerprint density at radius 1 is 0.877 bits per heavy atom. The lowest BCUT2D eigenvalue weighted by molar-refractivity contribution is -0.137. The summed E-state index contributed by atoms with van der Waals surface area (Å²) in [7, 11) is 0. The Labute approximate surface area is 329 Å². The highest BCUT2D eigenvalue weighted by atomic mass is 19.4. The lowest BCUT2D eigenvalue weighted by Gasteiger charge is -2.36. The van der Waals surface area contributed by atoms with E-state index in [0.717, 1.165) is 48.9 Å². The number of aliphatic hydroxyl groups excluding tert-OH is 1. The van der Waals surface area contributed by atoms with Gasteiger partial charge in [0.05, 0.1) is 35.0 Å². The number of hydrogen-bond donors (Lipinski definition) is 3. The standard InChI is InChI=1S/C43H46F3N7O4/c1-4-6-20-51(21-7-5-2)42(57)37-22-28(3)53(50-37)38-18-17-33(25-36(38)41(56)52-26-30-13-9-8-12-29(30)23-34(52)27-54)49-40(55)35-16-11-19-47-39(35)48-32-15-10-14-31(24-32)43(44,45)46/h8-19,22,24-25,34,54H,4-7,20-21,23,26-27H2,1-3H3,(H,47,48)(H,49,55). The van der Waals surface area contributed by atoms with Crippen LogP contribution in [0.15, 0.2) is 91.1 Å². The van der Waals surface area contributed by atoms with Crippen molar-refractivity contribution >= 4 is 34.9 Å². The van der Waals surface area contributed by atoms with E-state index in [0.29, 0.717) is 30.9 Å². The van der Waals surface area contributed by atoms with Crippen LogP contribution in [-0.2, 0) is 19.1 Å². The molecule has 3 heterocycles. The molecule has 0 spiro atoms. The van der Waals surface area contributed by atoms with E-state index in [2.05, 4.69) is 29.5 Å². The minimum absolute atomic E-state index is 0.0243. The van der Waals surface area contributed by atoms with Crippen molar-refractivity contribution in [3.05, 3.63) is 130 Å². The van der Waals surface area contributed by atoms with Gasteiger partial charge in [-0.3, -0.25) is 14.4 Å². The molecule has 11 nitrogen and oxygen atoms in total. The average Bonchev–Trinajstić information content (AvgIpc) is 3.60. The molecule has 3 aromatic carbocycles. The summed E-state index contributed by atoms with van der Waals surface area (Å²) in [6.45, 7) is 7.11. The lowest BCUT2D eigenvalue weighted by atomic mass is 9.93. The smallest absolute Gasteiger partial charge is 0.394 e. The summed E-state index contributed by atoms with van der Waals surface area (Å²) in [6.07, 6.45) is 0.863. The van der Waals surface area contributed by atoms with Gasteiger partial charge in [0, 0.05) is 42.9 Å². The Morgan fingerprint density at radius 2 is 1.61 bits per heavy atom. The van der Waals surface area contributed by atoms with Crippen LogP contribution in [0.25, 0.3) is 5.69 Å². The largest absolute Gasteiger partial charge is 0.416 e. The number of aliphatic hydroxyl groups is 1. The maximum atomic E-state index is 14.7. The number of aryl methyl sites for hydroxylation is 1. The number of fused-ring (bicyclic) bond motifs is 1. The first-order chi connectivity index (χ1) is 27.4. The summed E-state index contributed by atoms with van der Waals surface area (Å²) in [4.78, 5) is 49.9. The topological polar surface area (TPSA) is 133 Å². The Hall–Kier alpha value is -6.02. The van der Waals surface area contributed by atoms with Crippen LogP contribution < -0.4 is 10.6 Å². The Morgan fingerprint density at radius 3 is 2.32 bits per heavy atom. The number of nitrogens with zero attached hydrogens (tertiary/aromatic N) is 5. The number of unbranched alkanes of at least 4 members (excludes halogenated alkanes) is 2. The molecule has 0 saturated carbocycles. The summed E-state index contributed by atoms with van der Waals surface area (Å²) in [5.41, 5.74) is 2.88. The van der Waals surface area contributed by atoms with Crippen molar-refractivity contribution in [1.82, 2.24) is 24.6 Å². The fourth-order valence-electron chi connectivity index (χ4n) is 6.91. The molecule has 3 amide bonds. The predicted molar refractivity (Wildman–Crippen MR) is 212 cm³/mol. The van der Waals surface area contributed by atoms with Crippen molar-refractivity contribution in [2.75, 3.05) is 30.3 Å². The molecule has 1 aliphatic heterocycles. The van der Waals surface area contributed by atoms with Crippen molar-refractivity contribution in [3.8, 4) is 5.69 Å². The zero-order chi connectivity index (χ0) is 40.7. The fraction of sp³-hybridized carbons (Fsp3) is 0.326. The van der Waals surface area contributed by atoms with Gasteiger partial charge >= 0.3 is 6.18 Å². The third kappa shape index (κ3) is 9.34. The van der Waals surface area contributed by atoms with Crippen molar-refractivity contribution < 1.29 is 32.7 Å². The van der Waals surface area contributed by atoms with E-state index in [9.17, 15) is 32.7 Å². The van der Waals surface area contributed by atoms with E-state index < -0.39 is 29.6 Å². The highest BCUT2D eigenvalue weighted by Gasteiger charge is 2.33. The van der Waals surface area contributed by atoms with E-state index in [1.54, 1.807) is 34.7 Å². The number of carbonyl (C=O) groups is 3. The quantitative estimate of drug-likeness (QED) is 0.104. The van der Waals surface area contributed by atoms with Crippen LogP contribution in [0.5, 0.6) is 0 Å². The van der Waals surface area contributed by atoms with E-state index in [4.69, 9.17) is 5.10 Å². The summed E-state index contributed by atoms with van der Waals surface area (Å²) in [5.74, 6) is -1.23. The second kappa shape index (κ2) is 17.8. The Bertz CT molecular complexity index is 2230. The zero-order valence-corrected chi connectivity index (χ0v) is 32.1. The third-order valence-electron chi connectivity index (χ3n) is 10.0. The van der Waals surface area contributed by atoms with Crippen LogP contribution in [0.1, 0.15) is 93.1 Å². The SMILES string of the molecule is CCCCN(CCCC)C(=O)c1cc(C)n(-c2ccc(NC(=O)c3cccnc3Nc3cccc(C(F)(F)F)c3)cc2C(=O)N2Cc3ccccc3CC2CO)n1. The minimum atomic E-state index is -4.56. The van der Waals surface area contributed by atoms with Gasteiger partial charge in [-0.05, 0) is 91.9 Å². The minimum Gasteiger partial charge on any atom is -0.394 e. The van der Waals surface area contributed by atoms with Gasteiger partial charge in [0.1, 0.15) is 5.82 Å². The maximum Gasteiger partial charge on any atom is 0.416 e. The molecular formula is C43H46F3N7O4. The molecule has 1 aliphatic rings. The van der Waals surface area contributed by atoms with Crippen LogP contribution in [0.4, 0.5) is 30.4 Å². The lowest BCUT2D eigenvalue weighted by Crippen LogP contribution is -2.46. The molecule has 2 aromatic heterocycles. The fourth-order valence-corrected chi connectivity index (χ4v) is 6.91. The van der Waals surface area contributed by atoms with Gasteiger partial charge in [-0.15, -0.1) is 0 Å². The number of hydrogen-bond acceptors (Lipinski definition) is 7. The Kier molecular flexibility index (Phi) is 12.7. The number of amides is 3. The second-order valence-electron chi connectivity index (χ2n) is 14.1. The number of rotatable bonds is 14. The molecule has 1 atom stereocenters. The number of aromatic nitrogens is 3. The number of pyridine rings is 1. The summed E-state index contributed by atoms with van der Waals surface area (Å²) < 4.78 is 41.8. The first-order valence-corrected chi connectivity index (χ1v) is 19.1. The van der Waals surface area contributed by atoms with Crippen molar-refractivity contribution in [2.45, 2.75) is 71.6 Å². The highest BCUT2D eigenvalue weighted by Crippen LogP contribution is 2.33. The van der Waals surface area contributed by atoms with Crippen LogP contribution in [0.2, 0.25) is 0 Å². The van der Waals surface area contributed by atoms with Gasteiger partial charge in [-0.2, -0.15) is 18.3 Å². The number of anilines is 3. The Balaban J connectivity index is 1.36. The first-order valence-electron chi connectivity index (χ1n) is 19.1. The van der Waals surface area contributed by atoms with Crippen molar-refractivity contribution in [2.24, 2.45) is 0 Å². The average molecular weight is 782 g/mol. The summed E-state index contributed by atoms with van der Waals surface area (Å²) in [5, 5.41) is 20.8. The van der Waals surface area contributed by atoms with Crippen LogP contribution in [-0.4, -0.2) is 73.1 Å². The normalized spacial score (nSPS) is 13.9. The molecule has 298 valence electrons. The molecule has 0 radical (unpaired) electrons. The number of nitrogens with one attached hydrogen (secondary N) is 2. The van der Waals surface area contributed by atoms with Crippen LogP contribution >= 0.6 is 0 Å². The van der Waals surface area contributed by atoms with Gasteiger partial charge < -0.3 is 25.5 Å². The van der Waals surface area contributed by atoms with E-state index >= 15 is 0 Å². The van der Waals surface area contributed by atoms with E-state index in [-0.39, 0.29) is 53.1 Å². The van der Waals surface area contributed by atoms with Crippen LogP contribution in [0.3, 0.4) is 0 Å². The van der Waals surface area contributed by atoms with Gasteiger partial charge in [0.15, 0.2) is 5.69 Å². The zero-order valence-electron chi connectivity index (χ0n) is 32.1. The molecule has 0 saturated heterocycles. The van der Waals surface area contributed by atoms with Crippen LogP contribution in [0, 0.1) is 6.92 Å². The summed E-state index contributed by atoms with van der Waals surface area (Å²) >= 11 is 0. The highest BCUT2D eigenvalue weighted by molar-refractivity contribution is 6.09. The second-order valence-corrected chi connectivity index (χ2v) is 14.1. The molecule has 5 aromatic rings. The number of halogens is 3. The molecule has 0 fully saturated rings. The monoisotopic (exact) mass is 781 g/mol. The molecule has 0 bridgehead atoms. The molecule has 14 heteroatoms. The molecule has 3 N–H and O–H groups in total. The molecule has 6 rings (SSSR count). The third-order valence-corrected chi connectivity index (χ3v) is 10.0. The van der Waals surface area contributed by atoms with Crippen molar-refractivity contribution in [3.63, 3.8) is 0 Å².